The third kappa shape index (κ3) is 3.10. The molecule has 0 aliphatic rings. The molecule has 0 aliphatic heterocycles. The van der Waals surface area contributed by atoms with Crippen molar-refractivity contribution in [3.05, 3.63) is 66.0 Å². The van der Waals surface area contributed by atoms with E-state index in [-0.39, 0.29) is 5.82 Å². The predicted octanol–water partition coefficient (Wildman–Crippen LogP) is 3.92. The number of rotatable bonds is 3. The molecule has 0 atom stereocenters. The summed E-state index contributed by atoms with van der Waals surface area (Å²) in [7, 11) is 0. The minimum atomic E-state index is -0.298. The van der Waals surface area contributed by atoms with Gasteiger partial charge < -0.3 is 0 Å². The molecule has 0 aromatic heterocycles. The molecule has 0 amide bonds. The zero-order chi connectivity index (χ0) is 10.5. The average molecular weight is 217 g/mol. The Morgan fingerprint density at radius 3 is 2.53 bits per heavy atom. The van der Waals surface area contributed by atoms with E-state index < -0.39 is 0 Å². The van der Waals surface area contributed by atoms with E-state index in [0.29, 0.717) is 0 Å². The van der Waals surface area contributed by atoms with Crippen LogP contribution in [0.1, 0.15) is 5.56 Å². The molecule has 15 heavy (non-hydrogen) atoms. The molecule has 0 fully saturated rings. The van der Waals surface area contributed by atoms with Gasteiger partial charge in [-0.3, -0.25) is 0 Å². The van der Waals surface area contributed by atoms with Crippen molar-refractivity contribution in [1.82, 2.24) is 0 Å². The predicted molar refractivity (Wildman–Crippen MR) is 61.2 cm³/mol. The average Bonchev–Trinajstić information content (AvgIpc) is 2.28. The number of hydrogen-bond acceptors (Lipinski definition) is 1. The molecule has 0 bridgehead atoms. The van der Waals surface area contributed by atoms with E-state index in [1.54, 1.807) is 17.8 Å². The van der Waals surface area contributed by atoms with E-state index in [2.05, 4.69) is 18.2 Å². The fourth-order valence-electron chi connectivity index (χ4n) is 1.24. The van der Waals surface area contributed by atoms with Crippen LogP contribution in [-0.2, 0) is 5.75 Å². The van der Waals surface area contributed by atoms with Crippen LogP contribution in [-0.4, -0.2) is 0 Å². The molecule has 0 spiro atoms. The van der Waals surface area contributed by atoms with E-state index >= 15 is 0 Å². The zero-order valence-electron chi connectivity index (χ0n) is 8.11. The second-order valence-electron chi connectivity index (χ2n) is 3.14. The van der Waals surface area contributed by atoms with Crippen molar-refractivity contribution in [3.8, 4) is 0 Å². The van der Waals surface area contributed by atoms with Crippen LogP contribution in [0.15, 0.2) is 53.4 Å². The summed E-state index contributed by atoms with van der Waals surface area (Å²) < 4.78 is 12.8. The van der Waals surface area contributed by atoms with Gasteiger partial charge in [0.15, 0.2) is 0 Å². The Morgan fingerprint density at radius 2 is 1.80 bits per heavy atom. The first-order valence-electron chi connectivity index (χ1n) is 4.69. The minimum absolute atomic E-state index is 0.298. The highest BCUT2D eigenvalue weighted by molar-refractivity contribution is 7.98. The van der Waals surface area contributed by atoms with Crippen LogP contribution < -0.4 is 0 Å². The topological polar surface area (TPSA) is 0 Å². The minimum Gasteiger partial charge on any atom is -0.206 e. The van der Waals surface area contributed by atoms with Crippen LogP contribution in [0.5, 0.6) is 0 Å². The molecule has 1 radical (unpaired) electrons. The lowest BCUT2D eigenvalue weighted by atomic mass is 10.2. The molecule has 2 rings (SSSR count). The van der Waals surface area contributed by atoms with Gasteiger partial charge in [0.25, 0.3) is 0 Å². The first-order chi connectivity index (χ1) is 7.34. The number of thioether (sulfide) groups is 1. The first-order valence-corrected chi connectivity index (χ1v) is 5.68. The van der Waals surface area contributed by atoms with Gasteiger partial charge in [-0.15, -0.1) is 11.8 Å². The van der Waals surface area contributed by atoms with Crippen LogP contribution in [0.3, 0.4) is 0 Å². The van der Waals surface area contributed by atoms with Gasteiger partial charge in [-0.2, -0.15) is 0 Å². The van der Waals surface area contributed by atoms with Crippen LogP contribution in [0.25, 0.3) is 0 Å². The van der Waals surface area contributed by atoms with Gasteiger partial charge in [-0.25, -0.2) is 4.39 Å². The molecule has 2 aromatic carbocycles. The fourth-order valence-corrected chi connectivity index (χ4v) is 2.10. The summed E-state index contributed by atoms with van der Waals surface area (Å²) in [5.74, 6) is 0.550. The summed E-state index contributed by atoms with van der Waals surface area (Å²) in [6, 6.07) is 17.8. The van der Waals surface area contributed by atoms with Crippen molar-refractivity contribution < 1.29 is 4.39 Å². The lowest BCUT2D eigenvalue weighted by Crippen LogP contribution is -1.80. The fraction of sp³-hybridized carbons (Fsp3) is 0.0769. The standard InChI is InChI=1S/C13H10FS/c14-12-7-4-8-13(9-12)15-10-11-5-2-1-3-6-11/h1-8H,10H2. The van der Waals surface area contributed by atoms with Crippen molar-refractivity contribution in [2.45, 2.75) is 10.6 Å². The SMILES string of the molecule is Fc1[c]c(SCc2ccccc2)ccc1. The Bertz CT molecular complexity index is 426. The highest BCUT2D eigenvalue weighted by atomic mass is 32.2. The third-order valence-electron chi connectivity index (χ3n) is 1.97. The van der Waals surface area contributed by atoms with Gasteiger partial charge in [0.1, 0.15) is 5.82 Å². The molecule has 2 aromatic rings. The second kappa shape index (κ2) is 4.99. The summed E-state index contributed by atoms with van der Waals surface area (Å²) >= 11 is 1.59. The number of hydrogen-bond donors (Lipinski definition) is 0. The number of halogens is 1. The highest BCUT2D eigenvalue weighted by Gasteiger charge is 1.97. The normalized spacial score (nSPS) is 10.2. The molecule has 0 N–H and O–H groups in total. The zero-order valence-corrected chi connectivity index (χ0v) is 8.93. The largest absolute Gasteiger partial charge is 0.206 e. The Labute approximate surface area is 93.1 Å². The molecule has 0 saturated carbocycles. The molecule has 0 aliphatic carbocycles. The molecule has 2 heteroatoms. The lowest BCUT2D eigenvalue weighted by Gasteiger charge is -2.01. The van der Waals surface area contributed by atoms with Crippen molar-refractivity contribution in [2.75, 3.05) is 0 Å². The van der Waals surface area contributed by atoms with E-state index in [0.717, 1.165) is 10.6 Å². The van der Waals surface area contributed by atoms with Crippen LogP contribution in [0.2, 0.25) is 0 Å². The highest BCUT2D eigenvalue weighted by Crippen LogP contribution is 2.22. The summed E-state index contributed by atoms with van der Waals surface area (Å²) in [5, 5.41) is 0. The van der Waals surface area contributed by atoms with Gasteiger partial charge in [-0.1, -0.05) is 36.4 Å². The molecule has 0 saturated heterocycles. The van der Waals surface area contributed by atoms with E-state index in [1.807, 2.05) is 24.3 Å². The monoisotopic (exact) mass is 217 g/mol. The maximum Gasteiger partial charge on any atom is 0.132 e. The number of benzene rings is 2. The lowest BCUT2D eigenvalue weighted by molar-refractivity contribution is 0.621. The molecular weight excluding hydrogens is 207 g/mol. The maximum atomic E-state index is 12.8. The molecule has 0 heterocycles. The van der Waals surface area contributed by atoms with E-state index in [1.165, 1.54) is 11.6 Å². The third-order valence-corrected chi connectivity index (χ3v) is 3.00. The summed E-state index contributed by atoms with van der Waals surface area (Å²) in [4.78, 5) is 0.846. The Hall–Kier alpha value is -1.28. The van der Waals surface area contributed by atoms with Crippen molar-refractivity contribution >= 4 is 11.8 Å². The Kier molecular flexibility index (Phi) is 3.41. The molecular formula is C13H10FS. The summed E-state index contributed by atoms with van der Waals surface area (Å²) in [6.45, 7) is 0. The van der Waals surface area contributed by atoms with Gasteiger partial charge in [0.05, 0.1) is 0 Å². The van der Waals surface area contributed by atoms with E-state index in [4.69, 9.17) is 0 Å². The van der Waals surface area contributed by atoms with Crippen molar-refractivity contribution in [1.29, 1.82) is 0 Å². The smallest absolute Gasteiger partial charge is 0.132 e. The van der Waals surface area contributed by atoms with Crippen molar-refractivity contribution in [2.24, 2.45) is 0 Å². The first kappa shape index (κ1) is 10.2. The Morgan fingerprint density at radius 1 is 1.00 bits per heavy atom. The second-order valence-corrected chi connectivity index (χ2v) is 4.15. The van der Waals surface area contributed by atoms with Gasteiger partial charge in [-0.05, 0) is 17.7 Å². The Balaban J connectivity index is 1.99. The van der Waals surface area contributed by atoms with Gasteiger partial charge in [0, 0.05) is 16.7 Å². The van der Waals surface area contributed by atoms with Crippen LogP contribution >= 0.6 is 11.8 Å². The van der Waals surface area contributed by atoms with E-state index in [9.17, 15) is 4.39 Å². The maximum absolute atomic E-state index is 12.8. The summed E-state index contributed by atoms with van der Waals surface area (Å²) in [5.41, 5.74) is 1.24. The van der Waals surface area contributed by atoms with Gasteiger partial charge in [0.2, 0.25) is 0 Å². The quantitative estimate of drug-likeness (QED) is 0.702. The molecule has 75 valence electrons. The van der Waals surface area contributed by atoms with Crippen LogP contribution in [0.4, 0.5) is 4.39 Å². The molecule has 0 unspecified atom stereocenters. The summed E-state index contributed by atoms with van der Waals surface area (Å²) in [6.07, 6.45) is 0. The van der Waals surface area contributed by atoms with Crippen LogP contribution in [0, 0.1) is 11.9 Å². The van der Waals surface area contributed by atoms with Gasteiger partial charge >= 0.3 is 0 Å². The molecule has 0 nitrogen and oxygen atoms in total. The van der Waals surface area contributed by atoms with Crippen molar-refractivity contribution in [3.63, 3.8) is 0 Å².